The van der Waals surface area contributed by atoms with Gasteiger partial charge in [0.15, 0.2) is 0 Å². The third-order valence-electron chi connectivity index (χ3n) is 7.44. The molecule has 8 nitrogen and oxygen atoms in total. The molecule has 2 aliphatic rings. The van der Waals surface area contributed by atoms with Gasteiger partial charge < -0.3 is 19.7 Å². The molecule has 3 aromatic rings. The average Bonchev–Trinajstić information content (AvgIpc) is 3.75. The maximum absolute atomic E-state index is 13.7. The van der Waals surface area contributed by atoms with Crippen LogP contribution in [-0.2, 0) is 41.5 Å². The highest BCUT2D eigenvalue weighted by Gasteiger charge is 2.31. The number of thiazole rings is 1. The number of nitrogens with one attached hydrogen (secondary N) is 2. The summed E-state index contributed by atoms with van der Waals surface area (Å²) >= 11 is 1.75. The van der Waals surface area contributed by atoms with Crippen LogP contribution in [0.1, 0.15) is 58.6 Å². The Hall–Kier alpha value is -3.38. The largest absolute Gasteiger partial charge is 0.449 e. The molecule has 0 radical (unpaired) electrons. The van der Waals surface area contributed by atoms with E-state index in [-0.39, 0.29) is 18.8 Å². The van der Waals surface area contributed by atoms with Crippen molar-refractivity contribution in [3.63, 3.8) is 0 Å². The zero-order chi connectivity index (χ0) is 30.4. The molecule has 3 heterocycles. The van der Waals surface area contributed by atoms with Gasteiger partial charge in [0, 0.05) is 54.1 Å². The fourth-order valence-electron chi connectivity index (χ4n) is 4.94. The van der Waals surface area contributed by atoms with E-state index in [1.807, 2.05) is 6.07 Å². The van der Waals surface area contributed by atoms with Crippen molar-refractivity contribution in [3.8, 4) is 0 Å². The number of aryl methyl sites for hydroxylation is 4. The molecule has 232 valence electrons. The summed E-state index contributed by atoms with van der Waals surface area (Å²) in [5.74, 6) is 0.915. The minimum Gasteiger partial charge on any atom is -0.449 e. The predicted molar refractivity (Wildman–Crippen MR) is 162 cm³/mol. The number of carbonyl (C=O) groups is 1. The summed E-state index contributed by atoms with van der Waals surface area (Å²) in [4.78, 5) is 25.3. The molecule has 0 atom stereocenters. The van der Waals surface area contributed by atoms with Gasteiger partial charge in [-0.2, -0.15) is 13.2 Å². The number of alkyl halides is 3. The zero-order valence-electron chi connectivity index (χ0n) is 24.6. The Morgan fingerprint density at radius 3 is 2.60 bits per heavy atom. The number of amides is 1. The van der Waals surface area contributed by atoms with Gasteiger partial charge in [-0.3, -0.25) is 5.32 Å². The van der Waals surface area contributed by atoms with E-state index < -0.39 is 17.8 Å². The van der Waals surface area contributed by atoms with E-state index in [0.29, 0.717) is 36.9 Å². The average molecular weight is 618 g/mol. The van der Waals surface area contributed by atoms with Crippen molar-refractivity contribution >= 4 is 34.6 Å². The Bertz CT molecular complexity index is 1400. The Morgan fingerprint density at radius 2 is 1.88 bits per heavy atom. The second-order valence-corrected chi connectivity index (χ2v) is 12.3. The fourth-order valence-corrected chi connectivity index (χ4v) is 6.11. The molecule has 0 unspecified atom stereocenters. The lowest BCUT2D eigenvalue weighted by Gasteiger charge is -2.29. The number of morpholine rings is 1. The van der Waals surface area contributed by atoms with Gasteiger partial charge in [-0.1, -0.05) is 13.3 Å². The van der Waals surface area contributed by atoms with E-state index in [4.69, 9.17) is 19.4 Å². The van der Waals surface area contributed by atoms with Crippen molar-refractivity contribution in [1.82, 2.24) is 9.97 Å². The first kappa shape index (κ1) is 31.1. The summed E-state index contributed by atoms with van der Waals surface area (Å²) in [5, 5.41) is 6.76. The second-order valence-electron chi connectivity index (χ2n) is 11.1. The molecule has 2 aromatic heterocycles. The Balaban J connectivity index is 1.32. The molecule has 43 heavy (non-hydrogen) atoms. The van der Waals surface area contributed by atoms with E-state index in [9.17, 15) is 18.0 Å². The molecular weight excluding hydrogens is 579 g/mol. The molecule has 0 bridgehead atoms. The van der Waals surface area contributed by atoms with Crippen molar-refractivity contribution < 1.29 is 27.4 Å². The first-order valence-corrected chi connectivity index (χ1v) is 15.7. The molecule has 1 saturated heterocycles. The van der Waals surface area contributed by atoms with Gasteiger partial charge in [-0.15, -0.1) is 11.3 Å². The van der Waals surface area contributed by atoms with Crippen LogP contribution in [0.4, 0.5) is 35.2 Å². The van der Waals surface area contributed by atoms with Crippen LogP contribution in [0.3, 0.4) is 0 Å². The zero-order valence-corrected chi connectivity index (χ0v) is 25.4. The number of aromatic nitrogens is 2. The van der Waals surface area contributed by atoms with Crippen molar-refractivity contribution in [1.29, 1.82) is 0 Å². The van der Waals surface area contributed by atoms with E-state index in [1.54, 1.807) is 11.3 Å². The van der Waals surface area contributed by atoms with Gasteiger partial charge in [0.05, 0.1) is 36.1 Å². The molecule has 1 saturated carbocycles. The van der Waals surface area contributed by atoms with Crippen LogP contribution in [0, 0.1) is 12.8 Å². The standard InChI is InChI=1S/C31H38F3N5O3S/c1-3-4-27-20(2)36-29(43-27)8-7-24-16-26(39-9-11-41-12-10-39)17-28(37-24)35-18-22-13-23(31(32,33)34)15-25(14-22)38-30(40)42-19-21-5-6-21/h13-17,21H,3-12,18-19H2,1-2H3,(H,35,37)(H,38,40). The van der Waals surface area contributed by atoms with E-state index in [1.165, 1.54) is 10.9 Å². The molecule has 1 aromatic carbocycles. The number of rotatable bonds is 12. The molecule has 2 N–H and O–H groups in total. The summed E-state index contributed by atoms with van der Waals surface area (Å²) in [7, 11) is 0. The minimum atomic E-state index is -4.57. The number of nitrogens with zero attached hydrogens (tertiary/aromatic N) is 3. The van der Waals surface area contributed by atoms with Crippen LogP contribution in [0.15, 0.2) is 30.3 Å². The van der Waals surface area contributed by atoms with Gasteiger partial charge in [-0.05, 0) is 68.4 Å². The molecule has 1 aliphatic carbocycles. The lowest BCUT2D eigenvalue weighted by atomic mass is 10.1. The Kier molecular flexibility index (Phi) is 10.1. The van der Waals surface area contributed by atoms with E-state index >= 15 is 0 Å². The Morgan fingerprint density at radius 1 is 1.09 bits per heavy atom. The molecule has 2 fully saturated rings. The monoisotopic (exact) mass is 617 g/mol. The van der Waals surface area contributed by atoms with Crippen LogP contribution >= 0.6 is 11.3 Å². The van der Waals surface area contributed by atoms with Crippen LogP contribution in [0.25, 0.3) is 0 Å². The molecule has 1 aliphatic heterocycles. The van der Waals surface area contributed by atoms with E-state index in [2.05, 4.69) is 35.4 Å². The van der Waals surface area contributed by atoms with Crippen molar-refractivity contribution in [2.45, 2.75) is 65.1 Å². The molecule has 1 amide bonds. The third-order valence-corrected chi connectivity index (χ3v) is 8.71. The van der Waals surface area contributed by atoms with Gasteiger partial charge in [0.25, 0.3) is 0 Å². The first-order chi connectivity index (χ1) is 20.7. The minimum absolute atomic E-state index is 0.0318. The topological polar surface area (TPSA) is 88.6 Å². The van der Waals surface area contributed by atoms with Crippen LogP contribution in [-0.4, -0.2) is 49.0 Å². The van der Waals surface area contributed by atoms with Crippen LogP contribution < -0.4 is 15.5 Å². The Labute approximate surface area is 254 Å². The fraction of sp³-hybridized carbons (Fsp3) is 0.516. The molecule has 12 heteroatoms. The SMILES string of the molecule is CCCc1sc(CCc2cc(N3CCOCC3)cc(NCc3cc(NC(=O)OCC4CC4)cc(C(F)(F)F)c3)n2)nc1C. The number of halogens is 3. The smallest absolute Gasteiger partial charge is 0.416 e. The number of ether oxygens (including phenoxy) is 2. The highest BCUT2D eigenvalue weighted by atomic mass is 32.1. The summed E-state index contributed by atoms with van der Waals surface area (Å²) in [6, 6.07) is 7.52. The maximum atomic E-state index is 13.7. The lowest BCUT2D eigenvalue weighted by Crippen LogP contribution is -2.36. The van der Waals surface area contributed by atoms with Crippen molar-refractivity contribution in [2.24, 2.45) is 5.92 Å². The van der Waals surface area contributed by atoms with Gasteiger partial charge in [0.1, 0.15) is 5.82 Å². The number of hydrogen-bond acceptors (Lipinski definition) is 8. The highest BCUT2D eigenvalue weighted by molar-refractivity contribution is 7.11. The predicted octanol–water partition coefficient (Wildman–Crippen LogP) is 7.01. The summed E-state index contributed by atoms with van der Waals surface area (Å²) in [6.45, 7) is 7.31. The normalized spacial score (nSPS) is 15.4. The maximum Gasteiger partial charge on any atom is 0.416 e. The van der Waals surface area contributed by atoms with Crippen molar-refractivity contribution in [3.05, 3.63) is 62.7 Å². The summed E-state index contributed by atoms with van der Waals surface area (Å²) in [5.41, 5.74) is 2.49. The van der Waals surface area contributed by atoms with Gasteiger partial charge in [-0.25, -0.2) is 14.8 Å². The quantitative estimate of drug-likeness (QED) is 0.226. The van der Waals surface area contributed by atoms with Gasteiger partial charge >= 0.3 is 12.3 Å². The lowest BCUT2D eigenvalue weighted by molar-refractivity contribution is -0.137. The number of pyridine rings is 1. The number of anilines is 3. The number of carbonyl (C=O) groups excluding carboxylic acids is 1. The highest BCUT2D eigenvalue weighted by Crippen LogP contribution is 2.33. The summed E-state index contributed by atoms with van der Waals surface area (Å²) < 4.78 is 51.8. The third kappa shape index (κ3) is 9.06. The van der Waals surface area contributed by atoms with Gasteiger partial charge in [0.2, 0.25) is 0 Å². The number of hydrogen-bond donors (Lipinski definition) is 2. The second kappa shape index (κ2) is 13.9. The molecule has 0 spiro atoms. The summed E-state index contributed by atoms with van der Waals surface area (Å²) in [6.07, 6.45) is 0.216. The first-order valence-electron chi connectivity index (χ1n) is 14.8. The molecular formula is C31H38F3N5O3S. The molecule has 5 rings (SSSR count). The van der Waals surface area contributed by atoms with Crippen LogP contribution in [0.5, 0.6) is 0 Å². The van der Waals surface area contributed by atoms with Crippen LogP contribution in [0.2, 0.25) is 0 Å². The van der Waals surface area contributed by atoms with E-state index in [0.717, 1.165) is 79.4 Å². The van der Waals surface area contributed by atoms with Crippen molar-refractivity contribution in [2.75, 3.05) is 48.4 Å². The number of benzene rings is 1.